The molecule has 0 spiro atoms. The number of carbonyl (C=O) groups excluding carboxylic acids is 1. The van der Waals surface area contributed by atoms with Crippen LogP contribution in [-0.4, -0.2) is 15.6 Å². The third kappa shape index (κ3) is 4.01. The lowest BCUT2D eigenvalue weighted by Gasteiger charge is -2.12. The summed E-state index contributed by atoms with van der Waals surface area (Å²) in [5.74, 6) is -0.694. The molecule has 1 heterocycles. The van der Waals surface area contributed by atoms with Gasteiger partial charge in [-0.1, -0.05) is 83.5 Å². The van der Waals surface area contributed by atoms with Crippen LogP contribution >= 0.6 is 0 Å². The summed E-state index contributed by atoms with van der Waals surface area (Å²) < 4.78 is 6.03. The van der Waals surface area contributed by atoms with Crippen LogP contribution in [0.5, 0.6) is 0 Å². The molecule has 0 fully saturated rings. The Morgan fingerprint density at radius 3 is 2.38 bits per heavy atom. The van der Waals surface area contributed by atoms with Gasteiger partial charge in [-0.2, -0.15) is 0 Å². The highest BCUT2D eigenvalue weighted by molar-refractivity contribution is 5.95. The number of hydrogen-bond acceptors (Lipinski definition) is 4. The number of para-hydroxylation sites is 1. The Kier molecular flexibility index (Phi) is 5.07. The number of anilines is 1. The van der Waals surface area contributed by atoms with Crippen LogP contribution in [-0.2, 0) is 11.3 Å². The van der Waals surface area contributed by atoms with E-state index >= 15 is 0 Å². The maximum Gasteiger partial charge on any atom is 0.442 e. The van der Waals surface area contributed by atoms with Crippen molar-refractivity contribution in [1.82, 2.24) is 9.72 Å². The molecule has 4 aromatic rings. The highest BCUT2D eigenvalue weighted by Gasteiger charge is 2.17. The van der Waals surface area contributed by atoms with Gasteiger partial charge < -0.3 is 5.32 Å². The summed E-state index contributed by atoms with van der Waals surface area (Å²) in [4.78, 5) is 24.8. The predicted molar refractivity (Wildman–Crippen MR) is 111 cm³/mol. The lowest BCUT2D eigenvalue weighted by molar-refractivity contribution is -0.116. The van der Waals surface area contributed by atoms with Gasteiger partial charge in [0.05, 0.1) is 0 Å². The number of amides is 1. The maximum atomic E-state index is 12.7. The van der Waals surface area contributed by atoms with Crippen LogP contribution in [0.2, 0.25) is 0 Å². The molecule has 144 valence electrons. The summed E-state index contributed by atoms with van der Waals surface area (Å²) in [5.41, 5.74) is 4.36. The average Bonchev–Trinajstić information content (AvgIpc) is 3.10. The standard InChI is InChI=1S/C23H19N3O3/c1-16-11-13-18(14-12-16)22-25-29-23(28)26(22)15-21(27)24-20-10-6-5-9-19(20)17-7-3-2-4-8-17/h2-14H,15H2,1H3,(H,24,27). The van der Waals surface area contributed by atoms with Gasteiger partial charge in [0.2, 0.25) is 5.91 Å². The van der Waals surface area contributed by atoms with Crippen molar-refractivity contribution in [3.8, 4) is 22.5 Å². The van der Waals surface area contributed by atoms with Gasteiger partial charge in [-0.3, -0.25) is 9.32 Å². The third-order valence-corrected chi connectivity index (χ3v) is 4.58. The first-order chi connectivity index (χ1) is 14.1. The summed E-state index contributed by atoms with van der Waals surface area (Å²) >= 11 is 0. The molecule has 1 amide bonds. The lowest BCUT2D eigenvalue weighted by Crippen LogP contribution is -2.25. The Bertz CT molecular complexity index is 1190. The van der Waals surface area contributed by atoms with Crippen molar-refractivity contribution < 1.29 is 9.32 Å². The monoisotopic (exact) mass is 385 g/mol. The fourth-order valence-electron chi connectivity index (χ4n) is 3.11. The molecular formula is C23H19N3O3. The van der Waals surface area contributed by atoms with Crippen LogP contribution in [0, 0.1) is 6.92 Å². The van der Waals surface area contributed by atoms with Gasteiger partial charge in [0.1, 0.15) is 6.54 Å². The number of aromatic nitrogens is 2. The lowest BCUT2D eigenvalue weighted by atomic mass is 10.0. The first-order valence-electron chi connectivity index (χ1n) is 9.19. The molecule has 1 aromatic heterocycles. The number of hydrogen-bond donors (Lipinski definition) is 1. The summed E-state index contributed by atoms with van der Waals surface area (Å²) in [6.07, 6.45) is 0. The fraction of sp³-hybridized carbons (Fsp3) is 0.0870. The number of rotatable bonds is 5. The third-order valence-electron chi connectivity index (χ3n) is 4.58. The van der Waals surface area contributed by atoms with E-state index in [1.165, 1.54) is 4.57 Å². The van der Waals surface area contributed by atoms with E-state index in [2.05, 4.69) is 10.5 Å². The second-order valence-corrected chi connectivity index (χ2v) is 6.68. The molecule has 3 aromatic carbocycles. The Morgan fingerprint density at radius 1 is 0.931 bits per heavy atom. The molecule has 0 bridgehead atoms. The molecule has 1 N–H and O–H groups in total. The fourth-order valence-corrected chi connectivity index (χ4v) is 3.11. The molecule has 0 saturated heterocycles. The largest absolute Gasteiger partial charge is 0.442 e. The zero-order chi connectivity index (χ0) is 20.2. The van der Waals surface area contributed by atoms with Crippen molar-refractivity contribution in [2.75, 3.05) is 5.32 Å². The highest BCUT2D eigenvalue weighted by Crippen LogP contribution is 2.27. The Balaban J connectivity index is 1.59. The number of aryl methyl sites for hydroxylation is 1. The molecule has 0 aliphatic heterocycles. The van der Waals surface area contributed by atoms with E-state index < -0.39 is 5.76 Å². The van der Waals surface area contributed by atoms with Crippen LogP contribution in [0.1, 0.15) is 5.56 Å². The van der Waals surface area contributed by atoms with Gasteiger partial charge in [-0.05, 0) is 18.6 Å². The van der Waals surface area contributed by atoms with Crippen molar-refractivity contribution in [2.45, 2.75) is 13.5 Å². The Morgan fingerprint density at radius 2 is 1.62 bits per heavy atom. The molecule has 0 radical (unpaired) electrons. The minimum absolute atomic E-state index is 0.200. The summed E-state index contributed by atoms with van der Waals surface area (Å²) in [5, 5.41) is 6.73. The van der Waals surface area contributed by atoms with Crippen LogP contribution < -0.4 is 11.1 Å². The molecule has 0 aliphatic carbocycles. The average molecular weight is 385 g/mol. The summed E-state index contributed by atoms with van der Waals surface area (Å²) in [6, 6.07) is 24.8. The van der Waals surface area contributed by atoms with Crippen molar-refractivity contribution in [1.29, 1.82) is 0 Å². The molecule has 0 saturated carbocycles. The second kappa shape index (κ2) is 7.98. The van der Waals surface area contributed by atoms with Crippen LogP contribution in [0.15, 0.2) is 88.2 Å². The molecule has 0 atom stereocenters. The molecule has 0 aliphatic rings. The first kappa shape index (κ1) is 18.4. The van der Waals surface area contributed by atoms with E-state index in [1.807, 2.05) is 85.8 Å². The van der Waals surface area contributed by atoms with Crippen LogP contribution in [0.25, 0.3) is 22.5 Å². The second-order valence-electron chi connectivity index (χ2n) is 6.68. The van der Waals surface area contributed by atoms with E-state index in [-0.39, 0.29) is 12.5 Å². The topological polar surface area (TPSA) is 77.1 Å². The number of benzene rings is 3. The van der Waals surface area contributed by atoms with E-state index in [0.717, 1.165) is 16.7 Å². The molecule has 6 heteroatoms. The van der Waals surface area contributed by atoms with Gasteiger partial charge in [0.25, 0.3) is 0 Å². The van der Waals surface area contributed by atoms with Crippen LogP contribution in [0.4, 0.5) is 5.69 Å². The molecule has 4 rings (SSSR count). The Hall–Kier alpha value is -3.93. The molecular weight excluding hydrogens is 366 g/mol. The minimum Gasteiger partial charge on any atom is -0.324 e. The molecule has 29 heavy (non-hydrogen) atoms. The SMILES string of the molecule is Cc1ccc(-c2noc(=O)n2CC(=O)Nc2ccccc2-c2ccccc2)cc1. The number of carbonyl (C=O) groups is 1. The van der Waals surface area contributed by atoms with Crippen molar-refractivity contribution in [2.24, 2.45) is 0 Å². The summed E-state index contributed by atoms with van der Waals surface area (Å²) in [7, 11) is 0. The predicted octanol–water partition coefficient (Wildman–Crippen LogP) is 4.12. The quantitative estimate of drug-likeness (QED) is 0.561. The zero-order valence-corrected chi connectivity index (χ0v) is 15.8. The van der Waals surface area contributed by atoms with Crippen molar-refractivity contribution in [3.05, 3.63) is 95.0 Å². The van der Waals surface area contributed by atoms with Gasteiger partial charge in [0, 0.05) is 16.8 Å². The van der Waals surface area contributed by atoms with Crippen molar-refractivity contribution >= 4 is 11.6 Å². The highest BCUT2D eigenvalue weighted by atomic mass is 16.5. The smallest absolute Gasteiger partial charge is 0.324 e. The number of nitrogens with one attached hydrogen (secondary N) is 1. The maximum absolute atomic E-state index is 12.7. The first-order valence-corrected chi connectivity index (χ1v) is 9.19. The van der Waals surface area contributed by atoms with Gasteiger partial charge in [-0.15, -0.1) is 0 Å². The van der Waals surface area contributed by atoms with E-state index in [4.69, 9.17) is 4.52 Å². The zero-order valence-electron chi connectivity index (χ0n) is 15.8. The number of nitrogens with zero attached hydrogens (tertiary/aromatic N) is 2. The molecule has 6 nitrogen and oxygen atoms in total. The van der Waals surface area contributed by atoms with E-state index in [0.29, 0.717) is 17.1 Å². The van der Waals surface area contributed by atoms with Crippen molar-refractivity contribution in [3.63, 3.8) is 0 Å². The van der Waals surface area contributed by atoms with Gasteiger partial charge >= 0.3 is 5.76 Å². The van der Waals surface area contributed by atoms with Crippen LogP contribution in [0.3, 0.4) is 0 Å². The van der Waals surface area contributed by atoms with E-state index in [9.17, 15) is 9.59 Å². The van der Waals surface area contributed by atoms with E-state index in [1.54, 1.807) is 0 Å². The summed E-state index contributed by atoms with van der Waals surface area (Å²) in [6.45, 7) is 1.77. The van der Waals surface area contributed by atoms with Gasteiger partial charge in [-0.25, -0.2) is 9.36 Å². The van der Waals surface area contributed by atoms with Gasteiger partial charge in [0.15, 0.2) is 5.82 Å². The molecule has 0 unspecified atom stereocenters. The Labute approximate surface area is 167 Å². The normalized spacial score (nSPS) is 10.7. The minimum atomic E-state index is -0.674.